The Balaban J connectivity index is 2.01. The van der Waals surface area contributed by atoms with Crippen LogP contribution in [0.1, 0.15) is 44.6 Å². The SMILES string of the molecule is CCc1ccccc1NC(=O)CN(C)CC(=O)c1[nH]c(C)c(C(=O)OC)c1C. The number of esters is 1. The molecule has 2 aromatic rings. The van der Waals surface area contributed by atoms with Crippen molar-refractivity contribution in [2.24, 2.45) is 0 Å². The number of carbonyl (C=O) groups is 3. The van der Waals surface area contributed by atoms with E-state index < -0.39 is 5.97 Å². The fourth-order valence-corrected chi connectivity index (χ4v) is 3.20. The van der Waals surface area contributed by atoms with Crippen molar-refractivity contribution in [3.8, 4) is 0 Å². The highest BCUT2D eigenvalue weighted by atomic mass is 16.5. The number of nitrogens with zero attached hydrogens (tertiary/aromatic N) is 1. The maximum atomic E-state index is 12.6. The highest BCUT2D eigenvalue weighted by Crippen LogP contribution is 2.19. The topological polar surface area (TPSA) is 91.5 Å². The predicted molar refractivity (Wildman–Crippen MR) is 108 cm³/mol. The Labute approximate surface area is 165 Å². The normalized spacial score (nSPS) is 10.8. The van der Waals surface area contributed by atoms with Crippen LogP contribution in [-0.2, 0) is 16.0 Å². The smallest absolute Gasteiger partial charge is 0.339 e. The summed E-state index contributed by atoms with van der Waals surface area (Å²) < 4.78 is 4.77. The molecule has 0 aliphatic carbocycles. The number of anilines is 1. The molecule has 1 amide bonds. The highest BCUT2D eigenvalue weighted by Gasteiger charge is 2.23. The van der Waals surface area contributed by atoms with Gasteiger partial charge in [0, 0.05) is 11.4 Å². The lowest BCUT2D eigenvalue weighted by atomic mass is 10.1. The monoisotopic (exact) mass is 385 g/mol. The summed E-state index contributed by atoms with van der Waals surface area (Å²) in [5.41, 5.74) is 3.73. The average Bonchev–Trinajstić information content (AvgIpc) is 2.95. The summed E-state index contributed by atoms with van der Waals surface area (Å²) in [5.74, 6) is -0.863. The molecule has 0 unspecified atom stereocenters. The quantitative estimate of drug-likeness (QED) is 0.539. The lowest BCUT2D eigenvalue weighted by Crippen LogP contribution is -2.34. The number of likely N-dealkylation sites (N-methyl/N-ethyl adjacent to an activating group) is 1. The third-order valence-electron chi connectivity index (χ3n) is 4.61. The molecular formula is C21H27N3O4. The molecule has 0 aliphatic rings. The van der Waals surface area contributed by atoms with Gasteiger partial charge in [-0.2, -0.15) is 0 Å². The summed E-state index contributed by atoms with van der Waals surface area (Å²) in [7, 11) is 3.01. The van der Waals surface area contributed by atoms with E-state index in [-0.39, 0.29) is 24.8 Å². The Morgan fingerprint density at radius 3 is 2.46 bits per heavy atom. The Morgan fingerprint density at radius 2 is 1.82 bits per heavy atom. The number of carbonyl (C=O) groups excluding carboxylic acids is 3. The van der Waals surface area contributed by atoms with E-state index in [0.29, 0.717) is 22.5 Å². The summed E-state index contributed by atoms with van der Waals surface area (Å²) in [4.78, 5) is 41.4. The molecule has 0 spiro atoms. The van der Waals surface area contributed by atoms with Crippen molar-refractivity contribution in [1.29, 1.82) is 0 Å². The van der Waals surface area contributed by atoms with E-state index in [0.717, 1.165) is 17.7 Å². The van der Waals surface area contributed by atoms with Crippen LogP contribution in [0.5, 0.6) is 0 Å². The van der Waals surface area contributed by atoms with Gasteiger partial charge in [0.15, 0.2) is 5.78 Å². The van der Waals surface area contributed by atoms with Gasteiger partial charge in [0.05, 0.1) is 31.5 Å². The number of amides is 1. The second-order valence-corrected chi connectivity index (χ2v) is 6.77. The Bertz CT molecular complexity index is 886. The maximum absolute atomic E-state index is 12.6. The molecule has 0 aliphatic heterocycles. The number of nitrogens with one attached hydrogen (secondary N) is 2. The molecule has 0 radical (unpaired) electrons. The number of rotatable bonds is 8. The van der Waals surface area contributed by atoms with Crippen LogP contribution in [0.15, 0.2) is 24.3 Å². The van der Waals surface area contributed by atoms with Crippen molar-refractivity contribution >= 4 is 23.3 Å². The Kier molecular flexibility index (Phi) is 7.12. The molecule has 150 valence electrons. The van der Waals surface area contributed by atoms with E-state index in [4.69, 9.17) is 4.74 Å². The number of ether oxygens (including phenoxy) is 1. The number of aromatic nitrogens is 1. The van der Waals surface area contributed by atoms with Gasteiger partial charge in [0.2, 0.25) is 5.91 Å². The van der Waals surface area contributed by atoms with Crippen LogP contribution < -0.4 is 5.32 Å². The first-order chi connectivity index (χ1) is 13.3. The van der Waals surface area contributed by atoms with E-state index >= 15 is 0 Å². The van der Waals surface area contributed by atoms with Gasteiger partial charge in [0.1, 0.15) is 0 Å². The number of ketones is 1. The van der Waals surface area contributed by atoms with Gasteiger partial charge in [-0.15, -0.1) is 0 Å². The number of aromatic amines is 1. The van der Waals surface area contributed by atoms with Crippen LogP contribution in [0.25, 0.3) is 0 Å². The summed E-state index contributed by atoms with van der Waals surface area (Å²) in [6.07, 6.45) is 0.818. The lowest BCUT2D eigenvalue weighted by Gasteiger charge is -2.16. The minimum absolute atomic E-state index is 0.0459. The molecule has 28 heavy (non-hydrogen) atoms. The molecule has 1 heterocycles. The summed E-state index contributed by atoms with van der Waals surface area (Å²) in [5, 5.41) is 2.89. The number of Topliss-reactive ketones (excluding diaryl/α,β-unsaturated/α-hetero) is 1. The minimum atomic E-state index is -0.479. The largest absolute Gasteiger partial charge is 0.465 e. The number of hydrogen-bond donors (Lipinski definition) is 2. The first-order valence-electron chi connectivity index (χ1n) is 9.15. The van der Waals surface area contributed by atoms with E-state index in [1.54, 1.807) is 25.8 Å². The van der Waals surface area contributed by atoms with Gasteiger partial charge >= 0.3 is 5.97 Å². The molecule has 1 aromatic carbocycles. The number of methoxy groups -OCH3 is 1. The van der Waals surface area contributed by atoms with Gasteiger partial charge in [-0.1, -0.05) is 25.1 Å². The zero-order valence-electron chi connectivity index (χ0n) is 17.0. The van der Waals surface area contributed by atoms with Gasteiger partial charge < -0.3 is 15.0 Å². The van der Waals surface area contributed by atoms with Crippen molar-refractivity contribution in [2.75, 3.05) is 32.6 Å². The molecule has 0 saturated heterocycles. The number of para-hydroxylation sites is 1. The fourth-order valence-electron chi connectivity index (χ4n) is 3.20. The van der Waals surface area contributed by atoms with Crippen LogP contribution in [0.3, 0.4) is 0 Å². The van der Waals surface area contributed by atoms with Crippen molar-refractivity contribution < 1.29 is 19.1 Å². The van der Waals surface area contributed by atoms with Crippen molar-refractivity contribution in [3.63, 3.8) is 0 Å². The fraction of sp³-hybridized carbons (Fsp3) is 0.381. The summed E-state index contributed by atoms with van der Waals surface area (Å²) in [6.45, 7) is 5.57. The van der Waals surface area contributed by atoms with E-state index in [1.165, 1.54) is 7.11 Å². The molecule has 7 heteroatoms. The van der Waals surface area contributed by atoms with E-state index in [2.05, 4.69) is 10.3 Å². The molecule has 0 fully saturated rings. The molecule has 0 atom stereocenters. The summed E-state index contributed by atoms with van der Waals surface area (Å²) >= 11 is 0. The van der Waals surface area contributed by atoms with Crippen LogP contribution in [0, 0.1) is 13.8 Å². The minimum Gasteiger partial charge on any atom is -0.465 e. The molecule has 2 N–H and O–H groups in total. The third-order valence-corrected chi connectivity index (χ3v) is 4.61. The van der Waals surface area contributed by atoms with E-state index in [9.17, 15) is 14.4 Å². The average molecular weight is 385 g/mol. The molecule has 1 aromatic heterocycles. The number of aryl methyl sites for hydroxylation is 2. The molecule has 7 nitrogen and oxygen atoms in total. The number of H-pyrrole nitrogens is 1. The summed E-state index contributed by atoms with van der Waals surface area (Å²) in [6, 6.07) is 7.64. The van der Waals surface area contributed by atoms with Crippen LogP contribution in [0.4, 0.5) is 5.69 Å². The van der Waals surface area contributed by atoms with Gasteiger partial charge in [-0.25, -0.2) is 4.79 Å². The van der Waals surface area contributed by atoms with Crippen LogP contribution in [0.2, 0.25) is 0 Å². The zero-order chi connectivity index (χ0) is 20.8. The first-order valence-corrected chi connectivity index (χ1v) is 9.15. The zero-order valence-corrected chi connectivity index (χ0v) is 17.0. The second kappa shape index (κ2) is 9.32. The highest BCUT2D eigenvalue weighted by molar-refractivity contribution is 6.02. The molecule has 0 bridgehead atoms. The molecule has 0 saturated carbocycles. The second-order valence-electron chi connectivity index (χ2n) is 6.77. The lowest BCUT2D eigenvalue weighted by molar-refractivity contribution is -0.116. The van der Waals surface area contributed by atoms with Crippen molar-refractivity contribution in [3.05, 3.63) is 52.3 Å². The van der Waals surface area contributed by atoms with Gasteiger partial charge in [0.25, 0.3) is 0 Å². The number of hydrogen-bond acceptors (Lipinski definition) is 5. The standard InChI is InChI=1S/C21H27N3O4/c1-6-15-9-7-8-10-16(15)23-18(26)12-24(4)11-17(25)20-13(2)19(14(3)22-20)21(27)28-5/h7-10,22H,6,11-12H2,1-5H3,(H,23,26). The van der Waals surface area contributed by atoms with Crippen molar-refractivity contribution in [1.82, 2.24) is 9.88 Å². The third kappa shape index (κ3) is 4.86. The Morgan fingerprint density at radius 1 is 1.14 bits per heavy atom. The van der Waals surface area contributed by atoms with Crippen LogP contribution >= 0.6 is 0 Å². The van der Waals surface area contributed by atoms with Crippen molar-refractivity contribution in [2.45, 2.75) is 27.2 Å². The Hall–Kier alpha value is -2.93. The van der Waals surface area contributed by atoms with Crippen LogP contribution in [-0.4, -0.2) is 54.8 Å². The van der Waals surface area contributed by atoms with E-state index in [1.807, 2.05) is 31.2 Å². The molecule has 2 rings (SSSR count). The maximum Gasteiger partial charge on any atom is 0.339 e. The van der Waals surface area contributed by atoms with Gasteiger partial charge in [-0.05, 0) is 44.5 Å². The molecular weight excluding hydrogens is 358 g/mol. The number of benzene rings is 1. The predicted octanol–water partition coefficient (Wildman–Crippen LogP) is 2.73. The first kappa shape index (κ1) is 21.4. The van der Waals surface area contributed by atoms with Gasteiger partial charge in [-0.3, -0.25) is 14.5 Å².